The van der Waals surface area contributed by atoms with Gasteiger partial charge in [-0.05, 0) is 39.7 Å². The van der Waals surface area contributed by atoms with Crippen molar-refractivity contribution in [1.29, 1.82) is 0 Å². The summed E-state index contributed by atoms with van der Waals surface area (Å²) in [5.41, 5.74) is 0. The molecule has 0 aromatic heterocycles. The number of hydrogen-bond donors (Lipinski definition) is 2. The topological polar surface area (TPSA) is 83.0 Å². The summed E-state index contributed by atoms with van der Waals surface area (Å²) < 4.78 is 27.3. The van der Waals surface area contributed by atoms with E-state index in [-0.39, 0.29) is 12.4 Å². The predicted octanol–water partition coefficient (Wildman–Crippen LogP) is 0.867. The number of rotatable bonds is 11. The number of nitrogens with zero attached hydrogens (tertiary/aromatic N) is 2. The fraction of sp³-hybridized carbons (Fsp3) is 0.941. The average molecular weight is 377 g/mol. The molecule has 2 N–H and O–H groups in total. The van der Waals surface area contributed by atoms with E-state index in [0.717, 1.165) is 32.0 Å². The minimum absolute atomic E-state index is 0.0656. The first-order valence-electron chi connectivity index (χ1n) is 9.44. The SMILES string of the molecule is CCNC(=NCCCN1CCCCC1C)NCCOCCS(C)(=O)=O. The third-order valence-electron chi connectivity index (χ3n) is 4.30. The Hall–Kier alpha value is -0.860. The number of aliphatic imine (C=N–C) groups is 1. The Morgan fingerprint density at radius 3 is 2.76 bits per heavy atom. The number of nitrogens with one attached hydrogen (secondary N) is 2. The van der Waals surface area contributed by atoms with Gasteiger partial charge in [-0.1, -0.05) is 6.42 Å². The van der Waals surface area contributed by atoms with Crippen LogP contribution < -0.4 is 10.6 Å². The molecule has 1 aliphatic heterocycles. The van der Waals surface area contributed by atoms with Crippen LogP contribution in [0.25, 0.3) is 0 Å². The maximum Gasteiger partial charge on any atom is 0.191 e. The van der Waals surface area contributed by atoms with Crippen molar-refractivity contribution in [1.82, 2.24) is 15.5 Å². The molecule has 1 rings (SSSR count). The summed E-state index contributed by atoms with van der Waals surface area (Å²) in [7, 11) is -2.95. The maximum atomic E-state index is 11.0. The zero-order chi connectivity index (χ0) is 18.5. The Morgan fingerprint density at radius 2 is 2.08 bits per heavy atom. The van der Waals surface area contributed by atoms with Crippen molar-refractivity contribution >= 4 is 15.8 Å². The number of likely N-dealkylation sites (tertiary alicyclic amines) is 1. The van der Waals surface area contributed by atoms with Crippen LogP contribution in [0, 0.1) is 0 Å². The fourth-order valence-electron chi connectivity index (χ4n) is 2.85. The zero-order valence-electron chi connectivity index (χ0n) is 16.1. The van der Waals surface area contributed by atoms with Gasteiger partial charge >= 0.3 is 0 Å². The van der Waals surface area contributed by atoms with Gasteiger partial charge in [0.15, 0.2) is 5.96 Å². The van der Waals surface area contributed by atoms with E-state index in [1.807, 2.05) is 6.92 Å². The molecule has 0 aromatic rings. The highest BCUT2D eigenvalue weighted by Crippen LogP contribution is 2.16. The predicted molar refractivity (Wildman–Crippen MR) is 104 cm³/mol. The van der Waals surface area contributed by atoms with Gasteiger partial charge in [-0.25, -0.2) is 8.42 Å². The molecule has 1 atom stereocenters. The quantitative estimate of drug-likeness (QED) is 0.316. The largest absolute Gasteiger partial charge is 0.379 e. The lowest BCUT2D eigenvalue weighted by atomic mass is 10.0. The van der Waals surface area contributed by atoms with Crippen LogP contribution in [0.1, 0.15) is 39.5 Å². The van der Waals surface area contributed by atoms with Crippen LogP contribution in [0.4, 0.5) is 0 Å². The molecule has 1 aliphatic rings. The molecule has 0 aromatic carbocycles. The Kier molecular flexibility index (Phi) is 11.1. The van der Waals surface area contributed by atoms with Gasteiger partial charge in [0.1, 0.15) is 9.84 Å². The van der Waals surface area contributed by atoms with Gasteiger partial charge < -0.3 is 20.3 Å². The molecule has 8 heteroatoms. The number of ether oxygens (including phenoxy) is 1. The molecular formula is C17H36N4O3S. The van der Waals surface area contributed by atoms with Crippen LogP contribution in [0.15, 0.2) is 4.99 Å². The summed E-state index contributed by atoms with van der Waals surface area (Å²) in [5, 5.41) is 6.44. The first-order valence-corrected chi connectivity index (χ1v) is 11.5. The van der Waals surface area contributed by atoms with Gasteiger partial charge in [0.25, 0.3) is 0 Å². The van der Waals surface area contributed by atoms with E-state index in [4.69, 9.17) is 4.74 Å². The summed E-state index contributed by atoms with van der Waals surface area (Å²) in [6, 6.07) is 0.702. The first-order chi connectivity index (χ1) is 11.9. The summed E-state index contributed by atoms with van der Waals surface area (Å²) >= 11 is 0. The smallest absolute Gasteiger partial charge is 0.191 e. The second-order valence-electron chi connectivity index (χ2n) is 6.66. The van der Waals surface area contributed by atoms with Crippen LogP contribution >= 0.6 is 0 Å². The Bertz CT molecular complexity index is 482. The lowest BCUT2D eigenvalue weighted by Crippen LogP contribution is -2.40. The second-order valence-corrected chi connectivity index (χ2v) is 8.92. The number of piperidine rings is 1. The third-order valence-corrected chi connectivity index (χ3v) is 5.20. The molecular weight excluding hydrogens is 340 g/mol. The van der Waals surface area contributed by atoms with E-state index in [9.17, 15) is 8.42 Å². The molecule has 1 fully saturated rings. The monoisotopic (exact) mass is 376 g/mol. The molecule has 1 heterocycles. The van der Waals surface area contributed by atoms with E-state index >= 15 is 0 Å². The minimum atomic E-state index is -2.95. The second kappa shape index (κ2) is 12.5. The minimum Gasteiger partial charge on any atom is -0.379 e. The van der Waals surface area contributed by atoms with Crippen molar-refractivity contribution in [3.63, 3.8) is 0 Å². The lowest BCUT2D eigenvalue weighted by molar-refractivity contribution is 0.154. The summed E-state index contributed by atoms with van der Waals surface area (Å²) in [6.45, 7) is 9.60. The highest BCUT2D eigenvalue weighted by Gasteiger charge is 2.16. The normalized spacial score (nSPS) is 19.8. The van der Waals surface area contributed by atoms with E-state index in [1.54, 1.807) is 0 Å². The maximum absolute atomic E-state index is 11.0. The molecule has 0 spiro atoms. The average Bonchev–Trinajstić information content (AvgIpc) is 2.55. The molecule has 25 heavy (non-hydrogen) atoms. The van der Waals surface area contributed by atoms with Crippen molar-refractivity contribution in [2.75, 3.05) is 57.9 Å². The molecule has 7 nitrogen and oxygen atoms in total. The highest BCUT2D eigenvalue weighted by atomic mass is 32.2. The zero-order valence-corrected chi connectivity index (χ0v) is 16.9. The lowest BCUT2D eigenvalue weighted by Gasteiger charge is -2.33. The van der Waals surface area contributed by atoms with Gasteiger partial charge in [-0.15, -0.1) is 0 Å². The molecule has 0 aliphatic carbocycles. The summed E-state index contributed by atoms with van der Waals surface area (Å²) in [4.78, 5) is 7.16. The van der Waals surface area contributed by atoms with Crippen molar-refractivity contribution in [2.45, 2.75) is 45.6 Å². The molecule has 0 radical (unpaired) electrons. The number of sulfone groups is 1. The van der Waals surface area contributed by atoms with E-state index in [1.165, 1.54) is 32.1 Å². The van der Waals surface area contributed by atoms with E-state index in [0.29, 0.717) is 19.2 Å². The van der Waals surface area contributed by atoms with Crippen LogP contribution in [0.5, 0.6) is 0 Å². The van der Waals surface area contributed by atoms with Crippen LogP contribution in [-0.2, 0) is 14.6 Å². The van der Waals surface area contributed by atoms with Crippen LogP contribution in [0.2, 0.25) is 0 Å². The van der Waals surface area contributed by atoms with E-state index in [2.05, 4.69) is 27.4 Å². The molecule has 0 saturated carbocycles. The number of hydrogen-bond acceptors (Lipinski definition) is 5. The molecule has 1 unspecified atom stereocenters. The van der Waals surface area contributed by atoms with Crippen LogP contribution in [0.3, 0.4) is 0 Å². The molecule has 0 amide bonds. The van der Waals surface area contributed by atoms with Crippen molar-refractivity contribution in [3.05, 3.63) is 0 Å². The van der Waals surface area contributed by atoms with Gasteiger partial charge in [0, 0.05) is 38.5 Å². The Morgan fingerprint density at radius 1 is 1.28 bits per heavy atom. The van der Waals surface area contributed by atoms with Gasteiger partial charge in [0.05, 0.1) is 19.0 Å². The van der Waals surface area contributed by atoms with E-state index < -0.39 is 9.84 Å². The molecule has 0 bridgehead atoms. The van der Waals surface area contributed by atoms with Gasteiger partial charge in [-0.2, -0.15) is 0 Å². The molecule has 1 saturated heterocycles. The van der Waals surface area contributed by atoms with Crippen molar-refractivity contribution in [3.8, 4) is 0 Å². The Labute approximate surface area is 153 Å². The van der Waals surface area contributed by atoms with Gasteiger partial charge in [-0.3, -0.25) is 4.99 Å². The highest BCUT2D eigenvalue weighted by molar-refractivity contribution is 7.90. The Balaban J connectivity index is 2.17. The van der Waals surface area contributed by atoms with Crippen molar-refractivity contribution in [2.24, 2.45) is 4.99 Å². The third kappa shape index (κ3) is 11.4. The fourth-order valence-corrected chi connectivity index (χ4v) is 3.27. The summed E-state index contributed by atoms with van der Waals surface area (Å²) in [6.07, 6.45) is 6.27. The van der Waals surface area contributed by atoms with Gasteiger partial charge in [0.2, 0.25) is 0 Å². The van der Waals surface area contributed by atoms with Crippen molar-refractivity contribution < 1.29 is 13.2 Å². The number of guanidine groups is 1. The van der Waals surface area contributed by atoms with Crippen LogP contribution in [-0.4, -0.2) is 83.3 Å². The molecule has 148 valence electrons. The standard InChI is InChI=1S/C17H36N4O3S/c1-4-18-17(20-10-13-24-14-15-25(3,22)23)19-9-7-12-21-11-6-5-8-16(21)2/h16H,4-15H2,1-3H3,(H2,18,19,20). The first kappa shape index (κ1) is 22.2. The summed E-state index contributed by atoms with van der Waals surface area (Å²) in [5.74, 6) is 0.858.